The molecule has 2 aliphatic carbocycles. The van der Waals surface area contributed by atoms with Crippen molar-refractivity contribution in [3.8, 4) is 0 Å². The van der Waals surface area contributed by atoms with Crippen LogP contribution in [0.15, 0.2) is 12.2 Å². The van der Waals surface area contributed by atoms with E-state index in [-0.39, 0.29) is 23.1 Å². The van der Waals surface area contributed by atoms with E-state index in [1.54, 1.807) is 0 Å². The molecule has 0 N–H and O–H groups in total. The van der Waals surface area contributed by atoms with Gasteiger partial charge in [-0.15, -0.1) is 0 Å². The number of fused-ring (bicyclic) bond motifs is 1. The largest absolute Gasteiger partial charge is 0.459 e. The highest BCUT2D eigenvalue weighted by Crippen LogP contribution is 2.66. The van der Waals surface area contributed by atoms with Gasteiger partial charge >= 0.3 is 5.97 Å². The fourth-order valence-electron chi connectivity index (χ4n) is 7.15. The van der Waals surface area contributed by atoms with Gasteiger partial charge in [-0.3, -0.25) is 0 Å². The van der Waals surface area contributed by atoms with Crippen LogP contribution in [-0.4, -0.2) is 26.7 Å². The van der Waals surface area contributed by atoms with E-state index < -0.39 is 9.04 Å². The number of carbonyl (C=O) groups is 1. The molecule has 1 saturated heterocycles. The second-order valence-electron chi connectivity index (χ2n) is 11.5. The highest BCUT2D eigenvalue weighted by molar-refractivity contribution is 6.48. The van der Waals surface area contributed by atoms with Crippen LogP contribution in [0.2, 0.25) is 13.1 Å². The summed E-state index contributed by atoms with van der Waals surface area (Å²) in [5.41, 5.74) is 1.13. The van der Waals surface area contributed by atoms with Gasteiger partial charge in [-0.05, 0) is 73.8 Å². The normalized spacial score (nSPS) is 39.9. The van der Waals surface area contributed by atoms with Crippen molar-refractivity contribution in [1.29, 1.82) is 0 Å². The summed E-state index contributed by atoms with van der Waals surface area (Å²) in [4.78, 5) is 11.8. The molecule has 0 aromatic rings. The predicted octanol–water partition coefficient (Wildman–Crippen LogP) is 5.89. The molecule has 4 heteroatoms. The van der Waals surface area contributed by atoms with Gasteiger partial charge in [0.05, 0.1) is 5.60 Å². The van der Waals surface area contributed by atoms with E-state index in [0.29, 0.717) is 23.3 Å². The van der Waals surface area contributed by atoms with Gasteiger partial charge in [-0.2, -0.15) is 0 Å². The first kappa shape index (κ1) is 22.1. The number of hydrogen-bond acceptors (Lipinski definition) is 3. The molecule has 0 aromatic carbocycles. The van der Waals surface area contributed by atoms with E-state index in [1.165, 1.54) is 25.7 Å². The van der Waals surface area contributed by atoms with Gasteiger partial charge in [0, 0.05) is 12.0 Å². The van der Waals surface area contributed by atoms with Crippen LogP contribution < -0.4 is 0 Å². The van der Waals surface area contributed by atoms with Crippen LogP contribution >= 0.6 is 0 Å². The van der Waals surface area contributed by atoms with Crippen LogP contribution in [0.1, 0.15) is 79.6 Å². The molecule has 3 aliphatic rings. The fraction of sp³-hybridized carbons (Fsp3) is 0.875. The van der Waals surface area contributed by atoms with E-state index in [2.05, 4.69) is 54.3 Å². The molecular formula is C24H42O3Si. The molecule has 0 radical (unpaired) electrons. The van der Waals surface area contributed by atoms with Crippen molar-refractivity contribution in [3.63, 3.8) is 0 Å². The summed E-state index contributed by atoms with van der Waals surface area (Å²) in [6, 6.07) is 0. The smallest absolute Gasteiger partial charge is 0.333 e. The van der Waals surface area contributed by atoms with Crippen molar-refractivity contribution in [1.82, 2.24) is 0 Å². The van der Waals surface area contributed by atoms with Crippen LogP contribution in [0.5, 0.6) is 0 Å². The first-order valence-corrected chi connectivity index (χ1v) is 14.3. The predicted molar refractivity (Wildman–Crippen MR) is 118 cm³/mol. The minimum Gasteiger partial charge on any atom is -0.459 e. The Bertz CT molecular complexity index is 606. The molecule has 0 bridgehead atoms. The van der Waals surface area contributed by atoms with E-state index in [9.17, 15) is 4.79 Å². The third-order valence-electron chi connectivity index (χ3n) is 8.32. The second-order valence-corrected chi connectivity index (χ2v) is 13.8. The van der Waals surface area contributed by atoms with E-state index in [1.807, 2.05) is 0 Å². The van der Waals surface area contributed by atoms with E-state index in [4.69, 9.17) is 9.16 Å². The molecule has 2 unspecified atom stereocenters. The molecule has 0 aromatic heterocycles. The van der Waals surface area contributed by atoms with Gasteiger partial charge in [-0.1, -0.05) is 47.6 Å². The molecular weight excluding hydrogens is 364 g/mol. The van der Waals surface area contributed by atoms with Gasteiger partial charge in [0.1, 0.15) is 6.10 Å². The molecule has 1 heterocycles. The minimum atomic E-state index is -1.22. The summed E-state index contributed by atoms with van der Waals surface area (Å²) in [6.45, 7) is 20.7. The zero-order chi connectivity index (χ0) is 20.9. The molecule has 3 fully saturated rings. The van der Waals surface area contributed by atoms with Crippen molar-refractivity contribution >= 4 is 15.0 Å². The third kappa shape index (κ3) is 3.64. The Hall–Kier alpha value is -0.613. The molecule has 2 saturated carbocycles. The Morgan fingerprint density at radius 2 is 1.96 bits per heavy atom. The average molecular weight is 407 g/mol. The summed E-state index contributed by atoms with van der Waals surface area (Å²) in [5.74, 6) is 1.69. The Kier molecular flexibility index (Phi) is 5.97. The minimum absolute atomic E-state index is 0.0195. The fourth-order valence-corrected chi connectivity index (χ4v) is 8.61. The zero-order valence-corrected chi connectivity index (χ0v) is 20.4. The van der Waals surface area contributed by atoms with Gasteiger partial charge in [0.2, 0.25) is 0 Å². The molecule has 3 rings (SSSR count). The molecule has 0 amide bonds. The zero-order valence-electron chi connectivity index (χ0n) is 19.3. The Labute approximate surface area is 174 Å². The lowest BCUT2D eigenvalue weighted by atomic mass is 9.53. The van der Waals surface area contributed by atoms with Crippen molar-refractivity contribution in [2.24, 2.45) is 28.6 Å². The Balaban J connectivity index is 1.90. The van der Waals surface area contributed by atoms with Crippen molar-refractivity contribution in [3.05, 3.63) is 12.2 Å². The first-order valence-electron chi connectivity index (χ1n) is 11.5. The molecule has 160 valence electrons. The number of ether oxygens (including phenoxy) is 1. The highest BCUT2D eigenvalue weighted by atomic mass is 28.3. The average Bonchev–Trinajstić information content (AvgIpc) is 3.03. The highest BCUT2D eigenvalue weighted by Gasteiger charge is 2.63. The number of carbonyl (C=O) groups excluding carboxylic acids is 1. The summed E-state index contributed by atoms with van der Waals surface area (Å²) in [6.07, 6.45) is 7.93. The van der Waals surface area contributed by atoms with Crippen LogP contribution in [0.3, 0.4) is 0 Å². The maximum absolute atomic E-state index is 11.8. The number of rotatable bonds is 5. The standard InChI is InChI=1S/C24H42O3Si/c1-16-14-18(26-21(16)25)15-17(2)24(27-28(7)8)13-11-20-19(22(3,4)5)10-9-12-23(20,24)6/h17-20,28H,1,9-15H2,2-8H3/t17-,18+,19?,20?,23-,24-/m1/s1. The molecule has 1 aliphatic heterocycles. The van der Waals surface area contributed by atoms with Crippen LogP contribution in [0, 0.1) is 28.6 Å². The maximum Gasteiger partial charge on any atom is 0.333 e. The van der Waals surface area contributed by atoms with E-state index in [0.717, 1.165) is 24.7 Å². The first-order chi connectivity index (χ1) is 12.9. The Morgan fingerprint density at radius 1 is 1.29 bits per heavy atom. The van der Waals surface area contributed by atoms with Gasteiger partial charge in [0.15, 0.2) is 9.04 Å². The monoisotopic (exact) mass is 406 g/mol. The van der Waals surface area contributed by atoms with Gasteiger partial charge in [0.25, 0.3) is 0 Å². The second kappa shape index (κ2) is 7.57. The number of cyclic esters (lactones) is 1. The quantitative estimate of drug-likeness (QED) is 0.325. The molecule has 28 heavy (non-hydrogen) atoms. The van der Waals surface area contributed by atoms with Crippen molar-refractivity contribution in [2.45, 2.75) is 104 Å². The van der Waals surface area contributed by atoms with Crippen LogP contribution in [0.4, 0.5) is 0 Å². The van der Waals surface area contributed by atoms with E-state index >= 15 is 0 Å². The van der Waals surface area contributed by atoms with Crippen molar-refractivity contribution < 1.29 is 14.0 Å². The SMILES string of the molecule is C=C1C[C@@H](C[C@@H](C)[C@]2(O[SiH](C)C)CCC3C(C(C)(C)C)CCC[C@]32C)OC1=O. The summed E-state index contributed by atoms with van der Waals surface area (Å²) in [7, 11) is -1.22. The van der Waals surface area contributed by atoms with Gasteiger partial charge < -0.3 is 9.16 Å². The van der Waals surface area contributed by atoms with Crippen LogP contribution in [-0.2, 0) is 14.0 Å². The lowest BCUT2D eigenvalue weighted by molar-refractivity contribution is -0.145. The lowest BCUT2D eigenvalue weighted by Gasteiger charge is -2.56. The third-order valence-corrected chi connectivity index (χ3v) is 9.21. The summed E-state index contributed by atoms with van der Waals surface area (Å²) in [5, 5.41) is 0. The molecule has 6 atom stereocenters. The van der Waals surface area contributed by atoms with Crippen LogP contribution in [0.25, 0.3) is 0 Å². The van der Waals surface area contributed by atoms with Gasteiger partial charge in [-0.25, -0.2) is 4.79 Å². The summed E-state index contributed by atoms with van der Waals surface area (Å²) < 4.78 is 12.6. The summed E-state index contributed by atoms with van der Waals surface area (Å²) >= 11 is 0. The Morgan fingerprint density at radius 3 is 2.50 bits per heavy atom. The molecule has 0 spiro atoms. The topological polar surface area (TPSA) is 35.5 Å². The number of esters is 1. The number of hydrogen-bond donors (Lipinski definition) is 0. The lowest BCUT2D eigenvalue weighted by Crippen LogP contribution is -2.57. The molecule has 3 nitrogen and oxygen atoms in total. The maximum atomic E-state index is 11.8. The van der Waals surface area contributed by atoms with Crippen molar-refractivity contribution in [2.75, 3.05) is 0 Å².